The Balaban J connectivity index is 1.67. The van der Waals surface area contributed by atoms with E-state index < -0.39 is 0 Å². The number of nitrogen functional groups attached to an aromatic ring is 1. The average Bonchev–Trinajstić information content (AvgIpc) is 2.96. The molecule has 3 N–H and O–H groups in total. The number of nitrogens with two attached hydrogens (primary N) is 1. The molecule has 0 atom stereocenters. The van der Waals surface area contributed by atoms with Gasteiger partial charge in [-0.2, -0.15) is 0 Å². The number of hydrogen-bond acceptors (Lipinski definition) is 5. The van der Waals surface area contributed by atoms with Crippen LogP contribution in [-0.4, -0.2) is 10.2 Å². The van der Waals surface area contributed by atoms with Crippen molar-refractivity contribution in [1.29, 1.82) is 0 Å². The van der Waals surface area contributed by atoms with Crippen molar-refractivity contribution in [2.45, 2.75) is 6.54 Å². The Bertz CT molecular complexity index is 722. The van der Waals surface area contributed by atoms with Crippen molar-refractivity contribution in [3.05, 3.63) is 59.9 Å². The van der Waals surface area contributed by atoms with E-state index in [0.29, 0.717) is 6.54 Å². The molecule has 0 fully saturated rings. The quantitative estimate of drug-likeness (QED) is 0.723. The van der Waals surface area contributed by atoms with Gasteiger partial charge in [-0.3, -0.25) is 0 Å². The molecule has 2 aromatic carbocycles. The van der Waals surface area contributed by atoms with Crippen molar-refractivity contribution in [1.82, 2.24) is 10.2 Å². The zero-order valence-corrected chi connectivity index (χ0v) is 11.9. The molecule has 3 aromatic rings. The van der Waals surface area contributed by atoms with Crippen molar-refractivity contribution in [3.8, 4) is 10.6 Å². The van der Waals surface area contributed by atoms with Gasteiger partial charge in [0.2, 0.25) is 5.13 Å². The maximum atomic E-state index is 12.9. The molecule has 0 spiro atoms. The van der Waals surface area contributed by atoms with E-state index in [1.807, 2.05) is 24.3 Å². The molecule has 0 saturated carbocycles. The highest BCUT2D eigenvalue weighted by Crippen LogP contribution is 2.26. The van der Waals surface area contributed by atoms with Gasteiger partial charge in [-0.05, 0) is 42.0 Å². The molecule has 21 heavy (non-hydrogen) atoms. The first kappa shape index (κ1) is 13.5. The van der Waals surface area contributed by atoms with Crippen LogP contribution in [0.2, 0.25) is 0 Å². The summed E-state index contributed by atoms with van der Waals surface area (Å²) in [4.78, 5) is 0. The first-order valence-electron chi connectivity index (χ1n) is 6.38. The number of nitrogens with zero attached hydrogens (tertiary/aromatic N) is 2. The number of anilines is 2. The Kier molecular flexibility index (Phi) is 3.79. The van der Waals surface area contributed by atoms with Gasteiger partial charge in [-0.15, -0.1) is 10.2 Å². The molecule has 0 amide bonds. The van der Waals surface area contributed by atoms with E-state index in [4.69, 9.17) is 5.73 Å². The molecule has 1 heterocycles. The second kappa shape index (κ2) is 5.88. The SMILES string of the molecule is Nc1ccc(CNc2nnc(-c3ccc(F)cc3)s2)cc1. The maximum Gasteiger partial charge on any atom is 0.206 e. The van der Waals surface area contributed by atoms with Crippen LogP contribution in [0.15, 0.2) is 48.5 Å². The van der Waals surface area contributed by atoms with E-state index in [-0.39, 0.29) is 5.82 Å². The van der Waals surface area contributed by atoms with Gasteiger partial charge < -0.3 is 11.1 Å². The van der Waals surface area contributed by atoms with Crippen LogP contribution in [-0.2, 0) is 6.54 Å². The first-order chi connectivity index (χ1) is 10.2. The lowest BCUT2D eigenvalue weighted by molar-refractivity contribution is 0.628. The summed E-state index contributed by atoms with van der Waals surface area (Å²) in [6, 6.07) is 13.9. The van der Waals surface area contributed by atoms with Crippen molar-refractivity contribution in [2.24, 2.45) is 0 Å². The summed E-state index contributed by atoms with van der Waals surface area (Å²) in [5.74, 6) is -0.259. The fourth-order valence-corrected chi connectivity index (χ4v) is 2.56. The van der Waals surface area contributed by atoms with Crippen molar-refractivity contribution >= 4 is 22.2 Å². The molecular formula is C15H13FN4S. The fraction of sp³-hybridized carbons (Fsp3) is 0.0667. The summed E-state index contributed by atoms with van der Waals surface area (Å²) in [6.45, 7) is 0.651. The summed E-state index contributed by atoms with van der Waals surface area (Å²) in [6.07, 6.45) is 0. The summed E-state index contributed by atoms with van der Waals surface area (Å²) >= 11 is 1.43. The number of hydrogen-bond donors (Lipinski definition) is 2. The minimum atomic E-state index is -0.259. The summed E-state index contributed by atoms with van der Waals surface area (Å²) in [5.41, 5.74) is 8.36. The van der Waals surface area contributed by atoms with Crippen molar-refractivity contribution in [2.75, 3.05) is 11.1 Å². The number of nitrogens with one attached hydrogen (secondary N) is 1. The van der Waals surface area contributed by atoms with Crippen LogP contribution in [0.3, 0.4) is 0 Å². The standard InChI is InChI=1S/C15H13FN4S/c16-12-5-3-11(4-6-12)14-19-20-15(21-14)18-9-10-1-7-13(17)8-2-10/h1-8H,9,17H2,(H,18,20). The van der Waals surface area contributed by atoms with Gasteiger partial charge in [0.1, 0.15) is 10.8 Å². The molecule has 0 aliphatic heterocycles. The zero-order valence-electron chi connectivity index (χ0n) is 11.1. The average molecular weight is 300 g/mol. The smallest absolute Gasteiger partial charge is 0.206 e. The number of rotatable bonds is 4. The minimum Gasteiger partial charge on any atom is -0.399 e. The molecule has 0 unspecified atom stereocenters. The van der Waals surface area contributed by atoms with Gasteiger partial charge in [0, 0.05) is 17.8 Å². The Morgan fingerprint density at radius 3 is 2.43 bits per heavy atom. The molecule has 106 valence electrons. The molecule has 4 nitrogen and oxygen atoms in total. The lowest BCUT2D eigenvalue weighted by Crippen LogP contribution is -1.99. The molecule has 6 heteroatoms. The first-order valence-corrected chi connectivity index (χ1v) is 7.20. The maximum absolute atomic E-state index is 12.9. The summed E-state index contributed by atoms with van der Waals surface area (Å²) in [7, 11) is 0. The molecule has 0 bridgehead atoms. The van der Waals surface area contributed by atoms with Gasteiger partial charge in [-0.1, -0.05) is 23.5 Å². The van der Waals surface area contributed by atoms with E-state index in [1.165, 1.54) is 23.5 Å². The van der Waals surface area contributed by atoms with Crippen LogP contribution in [0.4, 0.5) is 15.2 Å². The second-order valence-electron chi connectivity index (χ2n) is 4.51. The monoisotopic (exact) mass is 300 g/mol. The summed E-state index contributed by atoms with van der Waals surface area (Å²) in [5, 5.41) is 12.9. The minimum absolute atomic E-state index is 0.259. The van der Waals surface area contributed by atoms with Gasteiger partial charge in [-0.25, -0.2) is 4.39 Å². The predicted molar refractivity (Wildman–Crippen MR) is 83.5 cm³/mol. The summed E-state index contributed by atoms with van der Waals surface area (Å²) < 4.78 is 12.9. The normalized spacial score (nSPS) is 10.5. The Hall–Kier alpha value is -2.47. The Morgan fingerprint density at radius 2 is 1.71 bits per heavy atom. The molecule has 3 rings (SSSR count). The van der Waals surface area contributed by atoms with Gasteiger partial charge in [0.05, 0.1) is 0 Å². The third kappa shape index (κ3) is 3.35. The van der Waals surface area contributed by atoms with Gasteiger partial charge in [0.15, 0.2) is 0 Å². The highest BCUT2D eigenvalue weighted by Gasteiger charge is 2.06. The third-order valence-corrected chi connectivity index (χ3v) is 3.87. The topological polar surface area (TPSA) is 63.8 Å². The van der Waals surface area contributed by atoms with Gasteiger partial charge >= 0.3 is 0 Å². The van der Waals surface area contributed by atoms with E-state index in [9.17, 15) is 4.39 Å². The van der Waals surface area contributed by atoms with E-state index in [2.05, 4.69) is 15.5 Å². The lowest BCUT2D eigenvalue weighted by atomic mass is 10.2. The lowest BCUT2D eigenvalue weighted by Gasteiger charge is -2.02. The largest absolute Gasteiger partial charge is 0.399 e. The molecule has 0 aliphatic rings. The highest BCUT2D eigenvalue weighted by molar-refractivity contribution is 7.18. The van der Waals surface area contributed by atoms with Crippen molar-refractivity contribution < 1.29 is 4.39 Å². The van der Waals surface area contributed by atoms with Gasteiger partial charge in [0.25, 0.3) is 0 Å². The molecule has 1 aromatic heterocycles. The van der Waals surface area contributed by atoms with E-state index in [0.717, 1.165) is 27.0 Å². The zero-order chi connectivity index (χ0) is 14.7. The highest BCUT2D eigenvalue weighted by atomic mass is 32.1. The Morgan fingerprint density at radius 1 is 1.00 bits per heavy atom. The van der Waals surface area contributed by atoms with Crippen LogP contribution in [0.5, 0.6) is 0 Å². The fourth-order valence-electron chi connectivity index (χ4n) is 1.82. The number of aromatic nitrogens is 2. The van der Waals surface area contributed by atoms with Crippen molar-refractivity contribution in [3.63, 3.8) is 0 Å². The molecule has 0 aliphatic carbocycles. The molecule has 0 radical (unpaired) electrons. The van der Waals surface area contributed by atoms with Crippen LogP contribution in [0.25, 0.3) is 10.6 Å². The third-order valence-electron chi connectivity index (χ3n) is 2.94. The van der Waals surface area contributed by atoms with Crippen LogP contribution in [0.1, 0.15) is 5.56 Å². The molecule has 0 saturated heterocycles. The Labute approximate surface area is 125 Å². The van der Waals surface area contributed by atoms with Crippen LogP contribution < -0.4 is 11.1 Å². The number of halogens is 1. The van der Waals surface area contributed by atoms with E-state index in [1.54, 1.807) is 12.1 Å². The molecular weight excluding hydrogens is 287 g/mol. The predicted octanol–water partition coefficient (Wildman–Crippen LogP) is 3.54. The van der Waals surface area contributed by atoms with Crippen LogP contribution >= 0.6 is 11.3 Å². The van der Waals surface area contributed by atoms with Crippen LogP contribution in [0, 0.1) is 5.82 Å². The van der Waals surface area contributed by atoms with E-state index >= 15 is 0 Å². The second-order valence-corrected chi connectivity index (χ2v) is 5.49. The number of benzene rings is 2.